The molecule has 2 amide bonds. The van der Waals surface area contributed by atoms with Crippen LogP contribution >= 0.6 is 0 Å². The number of anilines is 1. The minimum absolute atomic E-state index is 0.00497. The van der Waals surface area contributed by atoms with E-state index in [-0.39, 0.29) is 23.9 Å². The van der Waals surface area contributed by atoms with Crippen molar-refractivity contribution >= 4 is 28.4 Å². The van der Waals surface area contributed by atoms with Gasteiger partial charge in [-0.15, -0.1) is 0 Å². The molecule has 0 aliphatic carbocycles. The molecule has 0 unspecified atom stereocenters. The summed E-state index contributed by atoms with van der Waals surface area (Å²) < 4.78 is 3.11. The van der Waals surface area contributed by atoms with Crippen LogP contribution in [0.2, 0.25) is 0 Å². The lowest BCUT2D eigenvalue weighted by atomic mass is 10.2. The van der Waals surface area contributed by atoms with Crippen LogP contribution < -0.4 is 10.5 Å². The van der Waals surface area contributed by atoms with Gasteiger partial charge in [-0.25, -0.2) is 4.68 Å². The Morgan fingerprint density at radius 1 is 1.26 bits per heavy atom. The van der Waals surface area contributed by atoms with Gasteiger partial charge in [0.1, 0.15) is 6.54 Å². The third-order valence-corrected chi connectivity index (χ3v) is 4.32. The van der Waals surface area contributed by atoms with Crippen molar-refractivity contribution in [1.29, 1.82) is 0 Å². The number of carbonyl (C=O) groups is 2. The van der Waals surface area contributed by atoms with E-state index in [1.165, 1.54) is 9.58 Å². The molecule has 122 valence electrons. The van der Waals surface area contributed by atoms with Gasteiger partial charge < -0.3 is 9.80 Å². The van der Waals surface area contributed by atoms with E-state index in [2.05, 4.69) is 0 Å². The second kappa shape index (κ2) is 5.57. The maximum absolute atomic E-state index is 12.6. The molecule has 2 aromatic rings. The standard InChI is InChI=1S/C16H20N4O3/c1-17(2)15(22)10-20-16(23)12-9-11(6-7-13(12)18(20)3)19-8-4-5-14(19)21/h6-7,9H,4-5,8,10H2,1-3H3. The number of aromatic nitrogens is 2. The quantitative estimate of drug-likeness (QED) is 0.831. The summed E-state index contributed by atoms with van der Waals surface area (Å²) in [7, 11) is 5.08. The van der Waals surface area contributed by atoms with E-state index in [1.54, 1.807) is 36.8 Å². The summed E-state index contributed by atoms with van der Waals surface area (Å²) in [5.74, 6) is -0.0589. The van der Waals surface area contributed by atoms with Crippen LogP contribution in [0.3, 0.4) is 0 Å². The first-order valence-corrected chi connectivity index (χ1v) is 7.60. The minimum atomic E-state index is -0.216. The zero-order valence-corrected chi connectivity index (χ0v) is 13.6. The molecule has 1 fully saturated rings. The van der Waals surface area contributed by atoms with Crippen LogP contribution in [-0.2, 0) is 23.2 Å². The van der Waals surface area contributed by atoms with Gasteiger partial charge in [0.15, 0.2) is 0 Å². The van der Waals surface area contributed by atoms with Crippen molar-refractivity contribution in [3.8, 4) is 0 Å². The lowest BCUT2D eigenvalue weighted by molar-refractivity contribution is -0.129. The normalized spacial score (nSPS) is 14.7. The van der Waals surface area contributed by atoms with Gasteiger partial charge in [-0.1, -0.05) is 0 Å². The molecular weight excluding hydrogens is 296 g/mol. The molecule has 1 aromatic carbocycles. The van der Waals surface area contributed by atoms with Gasteiger partial charge >= 0.3 is 0 Å². The van der Waals surface area contributed by atoms with Crippen molar-refractivity contribution in [1.82, 2.24) is 14.3 Å². The highest BCUT2D eigenvalue weighted by molar-refractivity contribution is 5.97. The van der Waals surface area contributed by atoms with Crippen LogP contribution in [-0.4, -0.2) is 46.7 Å². The lowest BCUT2D eigenvalue weighted by Gasteiger charge is -2.15. The molecule has 1 aliphatic heterocycles. The molecule has 1 saturated heterocycles. The highest BCUT2D eigenvalue weighted by atomic mass is 16.2. The molecule has 1 aromatic heterocycles. The predicted octanol–water partition coefficient (Wildman–Crippen LogP) is 0.555. The Balaban J connectivity index is 2.06. The molecule has 3 rings (SSSR count). The van der Waals surface area contributed by atoms with E-state index in [0.717, 1.165) is 17.6 Å². The maximum atomic E-state index is 12.6. The third kappa shape index (κ3) is 2.52. The number of hydrogen-bond acceptors (Lipinski definition) is 3. The van der Waals surface area contributed by atoms with Crippen molar-refractivity contribution in [3.05, 3.63) is 28.6 Å². The molecule has 0 bridgehead atoms. The average Bonchev–Trinajstić information content (AvgIpc) is 3.04. The van der Waals surface area contributed by atoms with Gasteiger partial charge in [0.05, 0.1) is 10.9 Å². The summed E-state index contributed by atoms with van der Waals surface area (Å²) in [4.78, 5) is 39.6. The van der Waals surface area contributed by atoms with Gasteiger partial charge in [-0.3, -0.25) is 19.1 Å². The fourth-order valence-corrected chi connectivity index (χ4v) is 2.92. The summed E-state index contributed by atoms with van der Waals surface area (Å²) in [6, 6.07) is 5.43. The van der Waals surface area contributed by atoms with Gasteiger partial charge in [0, 0.05) is 39.8 Å². The Morgan fingerprint density at radius 3 is 2.61 bits per heavy atom. The number of hydrogen-bond donors (Lipinski definition) is 0. The van der Waals surface area contributed by atoms with Gasteiger partial charge in [-0.2, -0.15) is 0 Å². The zero-order valence-electron chi connectivity index (χ0n) is 13.6. The first kappa shape index (κ1) is 15.3. The number of benzene rings is 1. The van der Waals surface area contributed by atoms with Crippen molar-refractivity contribution in [2.75, 3.05) is 25.5 Å². The molecule has 0 spiro atoms. The van der Waals surface area contributed by atoms with Crippen LogP contribution in [0.4, 0.5) is 5.69 Å². The minimum Gasteiger partial charge on any atom is -0.347 e. The molecule has 0 atom stereocenters. The van der Waals surface area contributed by atoms with Gasteiger partial charge in [0.25, 0.3) is 5.56 Å². The van der Waals surface area contributed by atoms with Crippen LogP contribution in [0.15, 0.2) is 23.0 Å². The van der Waals surface area contributed by atoms with Crippen LogP contribution in [0, 0.1) is 0 Å². The van der Waals surface area contributed by atoms with E-state index in [1.807, 2.05) is 12.1 Å². The van der Waals surface area contributed by atoms with E-state index in [4.69, 9.17) is 0 Å². The lowest BCUT2D eigenvalue weighted by Crippen LogP contribution is -2.32. The number of aryl methyl sites for hydroxylation is 1. The topological polar surface area (TPSA) is 67.6 Å². The van der Waals surface area contributed by atoms with E-state index < -0.39 is 0 Å². The summed E-state index contributed by atoms with van der Waals surface area (Å²) in [5.41, 5.74) is 1.27. The fourth-order valence-electron chi connectivity index (χ4n) is 2.92. The largest absolute Gasteiger partial charge is 0.347 e. The van der Waals surface area contributed by atoms with Crippen molar-refractivity contribution in [2.24, 2.45) is 7.05 Å². The van der Waals surface area contributed by atoms with E-state index in [9.17, 15) is 14.4 Å². The van der Waals surface area contributed by atoms with Gasteiger partial charge in [-0.05, 0) is 24.6 Å². The number of rotatable bonds is 3. The first-order valence-electron chi connectivity index (χ1n) is 7.60. The molecule has 23 heavy (non-hydrogen) atoms. The molecule has 0 radical (unpaired) electrons. The number of fused-ring (bicyclic) bond motifs is 1. The molecule has 0 N–H and O–H groups in total. The number of carbonyl (C=O) groups excluding carboxylic acids is 2. The highest BCUT2D eigenvalue weighted by Gasteiger charge is 2.23. The summed E-state index contributed by atoms with van der Waals surface area (Å²) >= 11 is 0. The zero-order chi connectivity index (χ0) is 16.7. The van der Waals surface area contributed by atoms with Crippen LogP contribution in [0.1, 0.15) is 12.8 Å². The average molecular weight is 316 g/mol. The van der Waals surface area contributed by atoms with Crippen LogP contribution in [0.5, 0.6) is 0 Å². The first-order chi connectivity index (χ1) is 10.9. The monoisotopic (exact) mass is 316 g/mol. The number of nitrogens with zero attached hydrogens (tertiary/aromatic N) is 4. The predicted molar refractivity (Wildman–Crippen MR) is 87.5 cm³/mol. The molecule has 1 aliphatic rings. The van der Waals surface area contributed by atoms with E-state index >= 15 is 0 Å². The smallest absolute Gasteiger partial charge is 0.275 e. The number of likely N-dealkylation sites (N-methyl/N-ethyl adjacent to an activating group) is 1. The Kier molecular flexibility index (Phi) is 3.71. The number of amides is 2. The molecule has 0 saturated carbocycles. The molecule has 7 heteroatoms. The Morgan fingerprint density at radius 2 is 2.00 bits per heavy atom. The Bertz CT molecular complexity index is 847. The summed E-state index contributed by atoms with van der Waals surface area (Å²) in [6.45, 7) is 0.680. The van der Waals surface area contributed by atoms with Crippen LogP contribution in [0.25, 0.3) is 10.9 Å². The molecule has 2 heterocycles. The summed E-state index contributed by atoms with van der Waals surface area (Å²) in [6.07, 6.45) is 1.39. The third-order valence-electron chi connectivity index (χ3n) is 4.32. The highest BCUT2D eigenvalue weighted by Crippen LogP contribution is 2.24. The molecular formula is C16H20N4O3. The summed E-state index contributed by atoms with van der Waals surface area (Å²) in [5, 5.41) is 0.524. The van der Waals surface area contributed by atoms with Crippen molar-refractivity contribution in [2.45, 2.75) is 19.4 Å². The Hall–Kier alpha value is -2.57. The molecule has 7 nitrogen and oxygen atoms in total. The van der Waals surface area contributed by atoms with Crippen molar-refractivity contribution < 1.29 is 9.59 Å². The second-order valence-corrected chi connectivity index (χ2v) is 6.02. The maximum Gasteiger partial charge on any atom is 0.275 e. The van der Waals surface area contributed by atoms with E-state index in [0.29, 0.717) is 18.4 Å². The van der Waals surface area contributed by atoms with Crippen molar-refractivity contribution in [3.63, 3.8) is 0 Å². The SMILES string of the molecule is CN(C)C(=O)Cn1c(=O)c2cc(N3CCCC3=O)ccc2n1C. The van der Waals surface area contributed by atoms with Gasteiger partial charge in [0.2, 0.25) is 11.8 Å². The Labute approximate surface area is 133 Å². The second-order valence-electron chi connectivity index (χ2n) is 6.02. The fraction of sp³-hybridized carbons (Fsp3) is 0.438.